The molecule has 1 saturated carbocycles. The molecule has 1 N–H and O–H groups in total. The fourth-order valence-electron chi connectivity index (χ4n) is 3.12. The number of carbonyl (C=O) groups excluding carboxylic acids is 1. The molecular formula is C16H14N2O2S. The zero-order chi connectivity index (χ0) is 14.4. The van der Waals surface area contributed by atoms with Gasteiger partial charge in [0.1, 0.15) is 16.8 Å². The van der Waals surface area contributed by atoms with Crippen LogP contribution in [-0.4, -0.2) is 5.91 Å². The number of furan rings is 1. The van der Waals surface area contributed by atoms with E-state index in [0.29, 0.717) is 5.56 Å². The Hall–Kier alpha value is -2.06. The maximum absolute atomic E-state index is 12.3. The third kappa shape index (κ3) is 2.07. The van der Waals surface area contributed by atoms with Gasteiger partial charge in [0.25, 0.3) is 0 Å². The normalized spacial score (nSPS) is 22.6. The first kappa shape index (κ1) is 12.7. The summed E-state index contributed by atoms with van der Waals surface area (Å²) < 4.78 is 5.35. The predicted octanol–water partition coefficient (Wildman–Crippen LogP) is 3.44. The molecule has 5 heteroatoms. The van der Waals surface area contributed by atoms with E-state index in [9.17, 15) is 10.1 Å². The lowest BCUT2D eigenvalue weighted by Crippen LogP contribution is -2.14. The summed E-state index contributed by atoms with van der Waals surface area (Å²) in [5.74, 6) is 1.05. The van der Waals surface area contributed by atoms with Crippen LogP contribution in [0.15, 0.2) is 22.8 Å². The highest BCUT2D eigenvalue weighted by Gasteiger charge is 2.46. The van der Waals surface area contributed by atoms with Crippen molar-refractivity contribution in [3.05, 3.63) is 40.2 Å². The zero-order valence-corrected chi connectivity index (χ0v) is 12.2. The third-order valence-corrected chi connectivity index (χ3v) is 5.51. The predicted molar refractivity (Wildman–Crippen MR) is 79.2 cm³/mol. The van der Waals surface area contributed by atoms with Crippen LogP contribution in [-0.2, 0) is 17.6 Å². The van der Waals surface area contributed by atoms with Gasteiger partial charge in [-0.2, -0.15) is 5.26 Å². The van der Waals surface area contributed by atoms with Gasteiger partial charge in [0.05, 0.1) is 11.8 Å². The van der Waals surface area contributed by atoms with Crippen molar-refractivity contribution in [1.29, 1.82) is 5.26 Å². The number of aryl methyl sites for hydroxylation is 1. The van der Waals surface area contributed by atoms with Crippen molar-refractivity contribution in [2.45, 2.75) is 31.6 Å². The monoisotopic (exact) mass is 298 g/mol. The highest BCUT2D eigenvalue weighted by atomic mass is 32.1. The summed E-state index contributed by atoms with van der Waals surface area (Å²) in [6.45, 7) is 0. The van der Waals surface area contributed by atoms with E-state index in [1.807, 2.05) is 12.1 Å². The molecule has 0 aromatic carbocycles. The molecule has 4 nitrogen and oxygen atoms in total. The van der Waals surface area contributed by atoms with Crippen LogP contribution in [0.5, 0.6) is 0 Å². The van der Waals surface area contributed by atoms with Crippen LogP contribution in [0.4, 0.5) is 5.00 Å². The number of fused-ring (bicyclic) bond motifs is 1. The molecule has 2 aliphatic carbocycles. The van der Waals surface area contributed by atoms with Crippen LogP contribution in [0.1, 0.15) is 40.5 Å². The quantitative estimate of drug-likeness (QED) is 0.944. The largest absolute Gasteiger partial charge is 0.469 e. The molecule has 2 aromatic heterocycles. The van der Waals surface area contributed by atoms with Crippen molar-refractivity contribution in [3.8, 4) is 6.07 Å². The number of nitriles is 1. The van der Waals surface area contributed by atoms with Crippen LogP contribution in [0.25, 0.3) is 0 Å². The Morgan fingerprint density at radius 1 is 1.48 bits per heavy atom. The molecule has 0 saturated heterocycles. The topological polar surface area (TPSA) is 66.0 Å². The Morgan fingerprint density at radius 3 is 3.14 bits per heavy atom. The van der Waals surface area contributed by atoms with Crippen molar-refractivity contribution in [1.82, 2.24) is 0 Å². The molecule has 2 heterocycles. The number of thiophene rings is 1. The Kier molecular flexibility index (Phi) is 2.86. The maximum atomic E-state index is 12.3. The van der Waals surface area contributed by atoms with Gasteiger partial charge in [0.2, 0.25) is 5.91 Å². The number of amides is 1. The first-order valence-corrected chi connectivity index (χ1v) is 7.98. The second kappa shape index (κ2) is 4.74. The minimum atomic E-state index is -0.0281. The van der Waals surface area contributed by atoms with Crippen LogP contribution in [0.3, 0.4) is 0 Å². The standard InChI is InChI=1S/C16H14N2O2S/c17-8-12-9-3-1-5-14(9)21-16(12)18-15(19)11-7-10(11)13-4-2-6-20-13/h2,4,6,10-11H,1,3,5,7H2,(H,18,19)/t10-,11+/m1/s1. The Labute approximate surface area is 126 Å². The van der Waals surface area contributed by atoms with Crippen LogP contribution in [0, 0.1) is 17.2 Å². The maximum Gasteiger partial charge on any atom is 0.228 e. The molecule has 106 valence electrons. The van der Waals surface area contributed by atoms with E-state index >= 15 is 0 Å². The fraction of sp³-hybridized carbons (Fsp3) is 0.375. The minimum Gasteiger partial charge on any atom is -0.469 e. The number of nitrogens with zero attached hydrogens (tertiary/aromatic N) is 1. The molecule has 0 aliphatic heterocycles. The summed E-state index contributed by atoms with van der Waals surface area (Å²) in [7, 11) is 0. The Balaban J connectivity index is 1.50. The number of nitrogens with one attached hydrogen (secondary N) is 1. The molecule has 1 fully saturated rings. The molecule has 0 spiro atoms. The van der Waals surface area contributed by atoms with Gasteiger partial charge in [-0.3, -0.25) is 4.79 Å². The number of rotatable bonds is 3. The summed E-state index contributed by atoms with van der Waals surface area (Å²) >= 11 is 1.57. The van der Waals surface area contributed by atoms with Crippen molar-refractivity contribution in [2.75, 3.05) is 5.32 Å². The Bertz CT molecular complexity index is 739. The molecule has 0 bridgehead atoms. The first-order valence-electron chi connectivity index (χ1n) is 7.17. The molecular weight excluding hydrogens is 284 g/mol. The molecule has 2 aliphatic rings. The van der Waals surface area contributed by atoms with Gasteiger partial charge < -0.3 is 9.73 Å². The Morgan fingerprint density at radius 2 is 2.38 bits per heavy atom. The van der Waals surface area contributed by atoms with Crippen molar-refractivity contribution in [2.24, 2.45) is 5.92 Å². The minimum absolute atomic E-state index is 0.00724. The van der Waals surface area contributed by atoms with E-state index in [0.717, 1.165) is 42.0 Å². The molecule has 0 radical (unpaired) electrons. The van der Waals surface area contributed by atoms with Crippen LogP contribution >= 0.6 is 11.3 Å². The van der Waals surface area contributed by atoms with Crippen molar-refractivity contribution < 1.29 is 9.21 Å². The highest BCUT2D eigenvalue weighted by Crippen LogP contribution is 2.48. The number of carbonyl (C=O) groups is 1. The van der Waals surface area contributed by atoms with Gasteiger partial charge in [-0.1, -0.05) is 0 Å². The van der Waals surface area contributed by atoms with Crippen molar-refractivity contribution >= 4 is 22.2 Å². The summed E-state index contributed by atoms with van der Waals surface area (Å²) in [5.41, 5.74) is 1.83. The van der Waals surface area contributed by atoms with E-state index in [-0.39, 0.29) is 17.7 Å². The van der Waals surface area contributed by atoms with Gasteiger partial charge in [0, 0.05) is 16.7 Å². The molecule has 21 heavy (non-hydrogen) atoms. The molecule has 4 rings (SSSR count). The third-order valence-electron chi connectivity index (χ3n) is 4.31. The zero-order valence-electron chi connectivity index (χ0n) is 11.4. The summed E-state index contributed by atoms with van der Waals surface area (Å²) in [6.07, 6.45) is 5.58. The highest BCUT2D eigenvalue weighted by molar-refractivity contribution is 7.16. The van der Waals surface area contributed by atoms with Crippen LogP contribution in [0.2, 0.25) is 0 Å². The first-order chi connectivity index (χ1) is 10.3. The summed E-state index contributed by atoms with van der Waals surface area (Å²) in [6, 6.07) is 6.02. The molecule has 1 amide bonds. The van der Waals surface area contributed by atoms with E-state index in [1.165, 1.54) is 4.88 Å². The smallest absolute Gasteiger partial charge is 0.228 e. The lowest BCUT2D eigenvalue weighted by atomic mass is 10.1. The van der Waals surface area contributed by atoms with E-state index in [2.05, 4.69) is 11.4 Å². The average Bonchev–Trinajstić information content (AvgIpc) is 2.84. The SMILES string of the molecule is N#Cc1c(NC(=O)[C@H]2C[C@H]2c2ccco2)sc2c1CCC2. The second-order valence-electron chi connectivity index (χ2n) is 5.63. The lowest BCUT2D eigenvalue weighted by Gasteiger charge is -2.03. The number of hydrogen-bond acceptors (Lipinski definition) is 4. The van der Waals surface area contributed by atoms with E-state index < -0.39 is 0 Å². The number of hydrogen-bond donors (Lipinski definition) is 1. The molecule has 0 unspecified atom stereocenters. The van der Waals surface area contributed by atoms with Crippen molar-refractivity contribution in [3.63, 3.8) is 0 Å². The average molecular weight is 298 g/mol. The van der Waals surface area contributed by atoms with Gasteiger partial charge in [-0.05, 0) is 43.4 Å². The summed E-state index contributed by atoms with van der Waals surface area (Å²) in [5, 5.41) is 13.0. The summed E-state index contributed by atoms with van der Waals surface area (Å²) in [4.78, 5) is 13.6. The molecule has 2 atom stereocenters. The molecule has 2 aromatic rings. The lowest BCUT2D eigenvalue weighted by molar-refractivity contribution is -0.117. The fourth-order valence-corrected chi connectivity index (χ4v) is 4.36. The van der Waals surface area contributed by atoms with Gasteiger partial charge in [0.15, 0.2) is 0 Å². The second-order valence-corrected chi connectivity index (χ2v) is 6.73. The number of anilines is 1. The van der Waals surface area contributed by atoms with Gasteiger partial charge in [-0.25, -0.2) is 0 Å². The van der Waals surface area contributed by atoms with Gasteiger partial charge in [-0.15, -0.1) is 11.3 Å². The van der Waals surface area contributed by atoms with E-state index in [1.54, 1.807) is 17.6 Å². The van der Waals surface area contributed by atoms with E-state index in [4.69, 9.17) is 4.42 Å². The van der Waals surface area contributed by atoms with Gasteiger partial charge >= 0.3 is 0 Å². The van der Waals surface area contributed by atoms with Crippen LogP contribution < -0.4 is 5.32 Å².